The smallest absolute Gasteiger partial charge is 0.186 e. The van der Waals surface area contributed by atoms with Gasteiger partial charge in [-0.2, -0.15) is 5.10 Å². The number of hydrazone groups is 1. The molecule has 0 saturated carbocycles. The van der Waals surface area contributed by atoms with Gasteiger partial charge in [0.25, 0.3) is 0 Å². The number of nitrogens with one attached hydrogen (secondary N) is 2. The van der Waals surface area contributed by atoms with Gasteiger partial charge in [0.15, 0.2) is 5.11 Å². The number of benzene rings is 1. The van der Waals surface area contributed by atoms with E-state index in [1.54, 1.807) is 7.05 Å². The number of hydrogen-bond acceptors (Lipinski definition) is 2. The molecule has 3 nitrogen and oxygen atoms in total. The highest BCUT2D eigenvalue weighted by molar-refractivity contribution is 9.10. The first-order chi connectivity index (χ1) is 7.13. The van der Waals surface area contributed by atoms with Gasteiger partial charge in [0, 0.05) is 11.5 Å². The fourth-order valence-electron chi connectivity index (χ4n) is 0.969. The molecular formula is C10H12BrN3S. The number of hydrogen-bond donors (Lipinski definition) is 2. The monoisotopic (exact) mass is 285 g/mol. The Bertz CT molecular complexity index is 390. The summed E-state index contributed by atoms with van der Waals surface area (Å²) in [5.74, 6) is 0. The first-order valence-corrected chi connectivity index (χ1v) is 5.61. The summed E-state index contributed by atoms with van der Waals surface area (Å²) in [4.78, 5) is 0. The molecule has 0 saturated heterocycles. The maximum Gasteiger partial charge on any atom is 0.186 e. The Morgan fingerprint density at radius 1 is 1.47 bits per heavy atom. The minimum Gasteiger partial charge on any atom is -0.364 e. The van der Waals surface area contributed by atoms with Gasteiger partial charge < -0.3 is 5.32 Å². The Kier molecular flexibility index (Phi) is 4.71. The Morgan fingerprint density at radius 3 is 2.80 bits per heavy atom. The fourth-order valence-corrected chi connectivity index (χ4v) is 1.41. The largest absolute Gasteiger partial charge is 0.364 e. The summed E-state index contributed by atoms with van der Waals surface area (Å²) in [6.07, 6.45) is 0. The average Bonchev–Trinajstić information content (AvgIpc) is 2.25. The molecule has 0 heterocycles. The zero-order valence-corrected chi connectivity index (χ0v) is 10.9. The quantitative estimate of drug-likeness (QED) is 0.497. The third-order valence-corrected chi connectivity index (χ3v) is 2.58. The summed E-state index contributed by atoms with van der Waals surface area (Å²) < 4.78 is 1.03. The molecule has 0 aliphatic heterocycles. The highest BCUT2D eigenvalue weighted by atomic mass is 79.9. The zero-order valence-electron chi connectivity index (χ0n) is 8.54. The van der Waals surface area contributed by atoms with Gasteiger partial charge in [-0.25, -0.2) is 0 Å². The molecule has 1 aromatic rings. The zero-order chi connectivity index (χ0) is 11.3. The van der Waals surface area contributed by atoms with Crippen molar-refractivity contribution in [3.8, 4) is 0 Å². The van der Waals surface area contributed by atoms with Gasteiger partial charge in [-0.15, -0.1) is 0 Å². The van der Waals surface area contributed by atoms with Gasteiger partial charge in [-0.3, -0.25) is 5.43 Å². The molecule has 0 fully saturated rings. The van der Waals surface area contributed by atoms with Crippen LogP contribution in [0.2, 0.25) is 0 Å². The molecule has 80 valence electrons. The third-order valence-electron chi connectivity index (χ3n) is 1.79. The van der Waals surface area contributed by atoms with Crippen molar-refractivity contribution < 1.29 is 0 Å². The van der Waals surface area contributed by atoms with Crippen LogP contribution in [0.1, 0.15) is 12.5 Å². The van der Waals surface area contributed by atoms with E-state index in [1.165, 1.54) is 0 Å². The van der Waals surface area contributed by atoms with Crippen molar-refractivity contribution in [2.75, 3.05) is 7.05 Å². The molecule has 1 rings (SSSR count). The first-order valence-electron chi connectivity index (χ1n) is 4.41. The summed E-state index contributed by atoms with van der Waals surface area (Å²) in [6, 6.07) is 7.94. The second-order valence-corrected chi connectivity index (χ2v) is 4.22. The Morgan fingerprint density at radius 2 is 2.20 bits per heavy atom. The molecule has 0 unspecified atom stereocenters. The van der Waals surface area contributed by atoms with Crippen LogP contribution in [0, 0.1) is 0 Å². The third kappa shape index (κ3) is 3.97. The minimum absolute atomic E-state index is 0.504. The van der Waals surface area contributed by atoms with Gasteiger partial charge >= 0.3 is 0 Å². The van der Waals surface area contributed by atoms with Crippen LogP contribution in [0.4, 0.5) is 0 Å². The molecule has 0 amide bonds. The minimum atomic E-state index is 0.504. The lowest BCUT2D eigenvalue weighted by Crippen LogP contribution is -2.29. The lowest BCUT2D eigenvalue weighted by atomic mass is 10.1. The summed E-state index contributed by atoms with van der Waals surface area (Å²) in [5, 5.41) is 7.44. The van der Waals surface area contributed by atoms with Crippen LogP contribution in [0.5, 0.6) is 0 Å². The number of halogens is 1. The fraction of sp³-hybridized carbons (Fsp3) is 0.200. The van der Waals surface area contributed by atoms with E-state index in [2.05, 4.69) is 31.8 Å². The van der Waals surface area contributed by atoms with E-state index in [9.17, 15) is 0 Å². The van der Waals surface area contributed by atoms with Gasteiger partial charge in [0.1, 0.15) is 0 Å². The van der Waals surface area contributed by atoms with E-state index >= 15 is 0 Å². The van der Waals surface area contributed by atoms with Gasteiger partial charge in [-0.1, -0.05) is 28.1 Å². The van der Waals surface area contributed by atoms with Crippen molar-refractivity contribution in [1.82, 2.24) is 10.7 Å². The summed E-state index contributed by atoms with van der Waals surface area (Å²) >= 11 is 8.32. The highest BCUT2D eigenvalue weighted by Gasteiger charge is 1.97. The molecule has 0 atom stereocenters. The van der Waals surface area contributed by atoms with E-state index in [0.717, 1.165) is 15.7 Å². The van der Waals surface area contributed by atoms with Crippen LogP contribution in [0.3, 0.4) is 0 Å². The summed E-state index contributed by atoms with van der Waals surface area (Å²) in [5.41, 5.74) is 4.68. The van der Waals surface area contributed by atoms with Crippen molar-refractivity contribution in [2.24, 2.45) is 5.10 Å². The van der Waals surface area contributed by atoms with Crippen molar-refractivity contribution in [3.63, 3.8) is 0 Å². The first kappa shape index (κ1) is 12.1. The highest BCUT2D eigenvalue weighted by Crippen LogP contribution is 2.12. The maximum absolute atomic E-state index is 4.91. The van der Waals surface area contributed by atoms with Crippen molar-refractivity contribution in [2.45, 2.75) is 6.92 Å². The Balaban J connectivity index is 2.75. The lowest BCUT2D eigenvalue weighted by Gasteiger charge is -2.04. The molecule has 5 heteroatoms. The van der Waals surface area contributed by atoms with E-state index in [1.807, 2.05) is 31.2 Å². The van der Waals surface area contributed by atoms with Crippen LogP contribution in [-0.4, -0.2) is 17.9 Å². The van der Waals surface area contributed by atoms with Crippen molar-refractivity contribution in [1.29, 1.82) is 0 Å². The Labute approximate surface area is 103 Å². The normalized spacial score (nSPS) is 11.0. The number of rotatable bonds is 2. The van der Waals surface area contributed by atoms with E-state index < -0.39 is 0 Å². The lowest BCUT2D eigenvalue weighted by molar-refractivity contribution is 0.974. The van der Waals surface area contributed by atoms with Gasteiger partial charge in [0.05, 0.1) is 5.71 Å². The SMILES string of the molecule is CNC(=S)N/N=C(/C)c1cccc(Br)c1. The number of thiocarbonyl (C=S) groups is 1. The maximum atomic E-state index is 4.91. The van der Waals surface area contributed by atoms with Crippen LogP contribution in [0.15, 0.2) is 33.8 Å². The summed E-state index contributed by atoms with van der Waals surface area (Å²) in [7, 11) is 1.75. The van der Waals surface area contributed by atoms with Crippen molar-refractivity contribution >= 4 is 39.0 Å². The van der Waals surface area contributed by atoms with Crippen molar-refractivity contribution in [3.05, 3.63) is 34.3 Å². The van der Waals surface area contributed by atoms with E-state index in [-0.39, 0.29) is 0 Å². The molecule has 0 radical (unpaired) electrons. The topological polar surface area (TPSA) is 36.4 Å². The van der Waals surface area contributed by atoms with E-state index in [0.29, 0.717) is 5.11 Å². The molecular weight excluding hydrogens is 274 g/mol. The molecule has 15 heavy (non-hydrogen) atoms. The predicted octanol–water partition coefficient (Wildman–Crippen LogP) is 2.27. The molecule has 2 N–H and O–H groups in total. The molecule has 1 aromatic carbocycles. The van der Waals surface area contributed by atoms with Gasteiger partial charge in [-0.05, 0) is 36.8 Å². The molecule has 0 aliphatic carbocycles. The summed E-state index contributed by atoms with van der Waals surface area (Å²) in [6.45, 7) is 1.92. The molecule has 0 aliphatic rings. The van der Waals surface area contributed by atoms with E-state index in [4.69, 9.17) is 12.2 Å². The second kappa shape index (κ2) is 5.82. The van der Waals surface area contributed by atoms with Crippen LogP contribution < -0.4 is 10.7 Å². The van der Waals surface area contributed by atoms with Gasteiger partial charge in [0.2, 0.25) is 0 Å². The van der Waals surface area contributed by atoms with Crippen LogP contribution in [-0.2, 0) is 0 Å². The second-order valence-electron chi connectivity index (χ2n) is 2.90. The molecule has 0 aromatic heterocycles. The molecule has 0 spiro atoms. The molecule has 0 bridgehead atoms. The van der Waals surface area contributed by atoms with Crippen LogP contribution >= 0.6 is 28.1 Å². The number of nitrogens with zero attached hydrogens (tertiary/aromatic N) is 1. The van der Waals surface area contributed by atoms with Crippen LogP contribution in [0.25, 0.3) is 0 Å². The average molecular weight is 286 g/mol. The standard InChI is InChI=1S/C10H12BrN3S/c1-7(13-14-10(15)12-2)8-4-3-5-9(11)6-8/h3-6H,1-2H3,(H2,12,14,15)/b13-7-. The predicted molar refractivity (Wildman–Crippen MR) is 71.1 cm³/mol. The Hall–Kier alpha value is -0.940.